The molecule has 0 spiro atoms. The predicted octanol–water partition coefficient (Wildman–Crippen LogP) is 7.56. The molecule has 0 aromatic heterocycles. The summed E-state index contributed by atoms with van der Waals surface area (Å²) in [6, 6.07) is 36.2. The molecule has 0 heterocycles. The molecular weight excluding hydrogens is 408 g/mol. The molecule has 0 atom stereocenters. The molecule has 0 unspecified atom stereocenters. The normalized spacial score (nSPS) is 10.8. The third kappa shape index (κ3) is 4.09. The van der Waals surface area contributed by atoms with Crippen molar-refractivity contribution in [2.24, 2.45) is 0 Å². The Bertz CT molecular complexity index is 967. The summed E-state index contributed by atoms with van der Waals surface area (Å²) < 4.78 is 5.81. The largest absolute Gasteiger partial charge is 0.366 e. The average molecular weight is 429 g/mol. The van der Waals surface area contributed by atoms with E-state index in [-0.39, 0.29) is 0 Å². The molecule has 0 aliphatic heterocycles. The van der Waals surface area contributed by atoms with E-state index in [1.165, 1.54) is 38.9 Å². The van der Waals surface area contributed by atoms with Gasteiger partial charge in [0.2, 0.25) is 0 Å². The van der Waals surface area contributed by atoms with Gasteiger partial charge in [-0.3, -0.25) is 0 Å². The van der Waals surface area contributed by atoms with Gasteiger partial charge in [0, 0.05) is 0 Å². The van der Waals surface area contributed by atoms with Crippen LogP contribution in [0.5, 0.6) is 0 Å². The van der Waals surface area contributed by atoms with E-state index in [0.29, 0.717) is 12.1 Å². The van der Waals surface area contributed by atoms with Crippen LogP contribution in [0.2, 0.25) is 0 Å². The molecule has 0 saturated heterocycles. The second-order valence-electron chi connectivity index (χ2n) is 6.61. The Hall–Kier alpha value is -2.68. The summed E-state index contributed by atoms with van der Waals surface area (Å²) in [6.45, 7) is 0.550. The lowest BCUT2D eigenvalue weighted by atomic mass is 9.88. The molecule has 4 aromatic carbocycles. The van der Waals surface area contributed by atoms with Gasteiger partial charge in [0.25, 0.3) is 0 Å². The second-order valence-corrected chi connectivity index (χ2v) is 7.06. The van der Waals surface area contributed by atoms with Crippen LogP contribution in [0.15, 0.2) is 103 Å². The quantitative estimate of drug-likeness (QED) is 0.288. The van der Waals surface area contributed by atoms with E-state index in [1.54, 1.807) is 0 Å². The number of ether oxygens (including phenoxy) is 1. The molecule has 0 bridgehead atoms. The van der Waals surface area contributed by atoms with Crippen LogP contribution in [0.3, 0.4) is 0 Å². The van der Waals surface area contributed by atoms with Gasteiger partial charge in [-0.1, -0.05) is 107 Å². The minimum Gasteiger partial charge on any atom is -0.366 e. The lowest BCUT2D eigenvalue weighted by Gasteiger charge is -2.18. The second kappa shape index (κ2) is 9.01. The van der Waals surface area contributed by atoms with Crippen LogP contribution in [0.4, 0.5) is 0 Å². The third-order valence-corrected chi connectivity index (χ3v) is 5.17. The molecule has 1 nitrogen and oxygen atoms in total. The number of hydrogen-bond donors (Lipinski definition) is 0. The van der Waals surface area contributed by atoms with E-state index >= 15 is 0 Å². The molecular formula is C26H21BrO. The molecule has 0 radical (unpaired) electrons. The van der Waals surface area contributed by atoms with E-state index in [9.17, 15) is 0 Å². The molecule has 4 rings (SSSR count). The number of halogens is 1. The van der Waals surface area contributed by atoms with Gasteiger partial charge < -0.3 is 4.74 Å². The summed E-state index contributed by atoms with van der Waals surface area (Å²) >= 11 is 3.40. The van der Waals surface area contributed by atoms with Gasteiger partial charge in [0.05, 0.1) is 6.61 Å². The van der Waals surface area contributed by atoms with E-state index in [0.717, 1.165) is 0 Å². The van der Waals surface area contributed by atoms with Crippen LogP contribution < -0.4 is 0 Å². The van der Waals surface area contributed by atoms with Crippen molar-refractivity contribution >= 4 is 15.9 Å². The van der Waals surface area contributed by atoms with Crippen molar-refractivity contribution in [3.63, 3.8) is 0 Å². The monoisotopic (exact) mass is 428 g/mol. The van der Waals surface area contributed by atoms with E-state index in [2.05, 4.69) is 119 Å². The van der Waals surface area contributed by atoms with E-state index in [4.69, 9.17) is 4.74 Å². The summed E-state index contributed by atoms with van der Waals surface area (Å²) in [4.78, 5) is 0. The molecule has 138 valence electrons. The SMILES string of the molecule is BrCOCc1c(-c2ccccc2)cc(-c2ccccc2)cc1-c1ccccc1. The summed E-state index contributed by atoms with van der Waals surface area (Å²) in [6.07, 6.45) is 0. The first-order valence-corrected chi connectivity index (χ1v) is 10.5. The van der Waals surface area contributed by atoms with Crippen molar-refractivity contribution in [1.29, 1.82) is 0 Å². The lowest BCUT2D eigenvalue weighted by Crippen LogP contribution is -1.99. The van der Waals surface area contributed by atoms with Gasteiger partial charge in [0.1, 0.15) is 5.52 Å². The van der Waals surface area contributed by atoms with E-state index < -0.39 is 0 Å². The van der Waals surface area contributed by atoms with Crippen molar-refractivity contribution in [3.8, 4) is 33.4 Å². The molecule has 2 heteroatoms. The Morgan fingerprint density at radius 3 is 1.39 bits per heavy atom. The van der Waals surface area contributed by atoms with Gasteiger partial charge >= 0.3 is 0 Å². The fourth-order valence-electron chi connectivity index (χ4n) is 3.52. The Morgan fingerprint density at radius 2 is 0.964 bits per heavy atom. The Balaban J connectivity index is 1.99. The summed E-state index contributed by atoms with van der Waals surface area (Å²) in [7, 11) is 0. The van der Waals surface area contributed by atoms with Crippen LogP contribution in [0, 0.1) is 0 Å². The fraction of sp³-hybridized carbons (Fsp3) is 0.0769. The molecule has 0 N–H and O–H groups in total. The molecule has 4 aromatic rings. The van der Waals surface area contributed by atoms with Gasteiger partial charge in [0.15, 0.2) is 0 Å². The third-order valence-electron chi connectivity index (χ3n) is 4.85. The molecule has 0 aliphatic rings. The Labute approximate surface area is 174 Å². The number of alkyl halides is 1. The fourth-order valence-corrected chi connectivity index (χ4v) is 3.68. The zero-order valence-electron chi connectivity index (χ0n) is 15.5. The van der Waals surface area contributed by atoms with Crippen molar-refractivity contribution in [2.75, 3.05) is 5.52 Å². The van der Waals surface area contributed by atoms with Gasteiger partial charge in [-0.25, -0.2) is 0 Å². The minimum atomic E-state index is 0.510. The highest BCUT2D eigenvalue weighted by molar-refractivity contribution is 9.09. The standard InChI is InChI=1S/C26H21BrO/c27-19-28-18-26-24(21-12-6-2-7-13-21)16-23(20-10-4-1-5-11-20)17-25(26)22-14-8-3-9-15-22/h1-17H,18-19H2. The maximum absolute atomic E-state index is 5.81. The number of benzene rings is 4. The van der Waals surface area contributed by atoms with Gasteiger partial charge in [-0.2, -0.15) is 0 Å². The van der Waals surface area contributed by atoms with Crippen LogP contribution in [0.25, 0.3) is 33.4 Å². The van der Waals surface area contributed by atoms with Crippen LogP contribution in [0.1, 0.15) is 5.56 Å². The van der Waals surface area contributed by atoms with Crippen molar-refractivity contribution in [2.45, 2.75) is 6.61 Å². The Kier molecular flexibility index (Phi) is 6.01. The molecule has 0 amide bonds. The lowest BCUT2D eigenvalue weighted by molar-refractivity contribution is 0.173. The zero-order chi connectivity index (χ0) is 19.2. The first-order valence-electron chi connectivity index (χ1n) is 9.33. The summed E-state index contributed by atoms with van der Waals surface area (Å²) in [5, 5.41) is 0. The van der Waals surface area contributed by atoms with Crippen molar-refractivity contribution < 1.29 is 4.74 Å². The highest BCUT2D eigenvalue weighted by Crippen LogP contribution is 2.37. The molecule has 0 aliphatic carbocycles. The van der Waals surface area contributed by atoms with Crippen molar-refractivity contribution in [3.05, 3.63) is 109 Å². The zero-order valence-corrected chi connectivity index (χ0v) is 17.1. The number of hydrogen-bond acceptors (Lipinski definition) is 1. The van der Waals surface area contributed by atoms with Gasteiger partial charge in [-0.05, 0) is 51.1 Å². The van der Waals surface area contributed by atoms with Crippen LogP contribution in [-0.4, -0.2) is 5.52 Å². The Morgan fingerprint density at radius 1 is 0.536 bits per heavy atom. The number of rotatable bonds is 6. The molecule has 28 heavy (non-hydrogen) atoms. The highest BCUT2D eigenvalue weighted by Gasteiger charge is 2.15. The first kappa shape index (κ1) is 18.7. The van der Waals surface area contributed by atoms with Crippen molar-refractivity contribution in [1.82, 2.24) is 0 Å². The molecule has 0 saturated carbocycles. The molecule has 0 fully saturated rings. The van der Waals surface area contributed by atoms with Gasteiger partial charge in [-0.15, -0.1) is 0 Å². The topological polar surface area (TPSA) is 9.23 Å². The summed E-state index contributed by atoms with van der Waals surface area (Å²) in [5.74, 6) is 0. The highest BCUT2D eigenvalue weighted by atomic mass is 79.9. The smallest absolute Gasteiger partial charge is 0.102 e. The van der Waals surface area contributed by atoms with Crippen LogP contribution >= 0.6 is 15.9 Å². The van der Waals surface area contributed by atoms with Crippen LogP contribution in [-0.2, 0) is 11.3 Å². The minimum absolute atomic E-state index is 0.510. The predicted molar refractivity (Wildman–Crippen MR) is 121 cm³/mol. The summed E-state index contributed by atoms with van der Waals surface area (Å²) in [5.41, 5.74) is 8.96. The maximum atomic E-state index is 5.81. The first-order chi connectivity index (χ1) is 13.9. The maximum Gasteiger partial charge on any atom is 0.102 e. The van der Waals surface area contributed by atoms with E-state index in [1.807, 2.05) is 0 Å². The average Bonchev–Trinajstić information content (AvgIpc) is 2.79.